The number of fused-ring (bicyclic) bond motifs is 1. The largest absolute Gasteiger partial charge is 0.355 e. The van der Waals surface area contributed by atoms with Crippen LogP contribution in [-0.2, 0) is 6.54 Å². The summed E-state index contributed by atoms with van der Waals surface area (Å²) in [6, 6.07) is 6.88. The monoisotopic (exact) mass is 258 g/mol. The Hall–Kier alpha value is -1.55. The van der Waals surface area contributed by atoms with Crippen molar-refractivity contribution in [3.8, 4) is 0 Å². The maximum absolute atomic E-state index is 4.80. The van der Waals surface area contributed by atoms with Crippen molar-refractivity contribution in [3.63, 3.8) is 0 Å². The van der Waals surface area contributed by atoms with Gasteiger partial charge in [-0.2, -0.15) is 0 Å². The minimum Gasteiger partial charge on any atom is -0.355 e. The molecule has 0 radical (unpaired) electrons. The Balaban J connectivity index is 1.95. The Morgan fingerprint density at radius 3 is 3.00 bits per heavy atom. The minimum absolute atomic E-state index is 0.690. The molecule has 0 aliphatic heterocycles. The average Bonchev–Trinajstić information content (AvgIpc) is 3.21. The van der Waals surface area contributed by atoms with Crippen molar-refractivity contribution in [2.45, 2.75) is 38.8 Å². The molecule has 0 atom stereocenters. The molecule has 4 heteroatoms. The summed E-state index contributed by atoms with van der Waals surface area (Å²) >= 11 is 0. The summed E-state index contributed by atoms with van der Waals surface area (Å²) in [5, 5.41) is 3.50. The van der Waals surface area contributed by atoms with E-state index >= 15 is 0 Å². The maximum Gasteiger partial charge on any atom is 0.152 e. The van der Waals surface area contributed by atoms with Gasteiger partial charge in [-0.15, -0.1) is 0 Å². The summed E-state index contributed by atoms with van der Waals surface area (Å²) in [7, 11) is 2.17. The van der Waals surface area contributed by atoms with Crippen LogP contribution < -0.4 is 10.2 Å². The van der Waals surface area contributed by atoms with Crippen molar-refractivity contribution in [3.05, 3.63) is 30.1 Å². The van der Waals surface area contributed by atoms with Crippen LogP contribution in [0.25, 0.3) is 5.65 Å². The number of anilines is 1. The van der Waals surface area contributed by atoms with Gasteiger partial charge in [0.15, 0.2) is 5.82 Å². The molecule has 2 heterocycles. The highest BCUT2D eigenvalue weighted by Crippen LogP contribution is 2.32. The van der Waals surface area contributed by atoms with Crippen LogP contribution in [0.3, 0.4) is 0 Å². The van der Waals surface area contributed by atoms with Crippen molar-refractivity contribution in [2.75, 3.05) is 18.5 Å². The lowest BCUT2D eigenvalue weighted by atomic mass is 10.3. The summed E-state index contributed by atoms with van der Waals surface area (Å²) in [6.45, 7) is 4.12. The van der Waals surface area contributed by atoms with Crippen molar-refractivity contribution in [2.24, 2.45) is 0 Å². The number of hydrogen-bond donors (Lipinski definition) is 1. The molecule has 4 nitrogen and oxygen atoms in total. The smallest absolute Gasteiger partial charge is 0.152 e. The molecule has 2 aromatic rings. The topological polar surface area (TPSA) is 32.6 Å². The molecule has 0 unspecified atom stereocenters. The summed E-state index contributed by atoms with van der Waals surface area (Å²) in [4.78, 5) is 7.14. The highest BCUT2D eigenvalue weighted by molar-refractivity contribution is 5.56. The molecule has 0 aromatic carbocycles. The van der Waals surface area contributed by atoms with Crippen molar-refractivity contribution in [1.82, 2.24) is 14.7 Å². The number of hydrogen-bond acceptors (Lipinski definition) is 3. The lowest BCUT2D eigenvalue weighted by molar-refractivity contribution is 0.659. The van der Waals surface area contributed by atoms with E-state index in [1.165, 1.54) is 18.5 Å². The second kappa shape index (κ2) is 5.21. The highest BCUT2D eigenvalue weighted by atomic mass is 15.3. The van der Waals surface area contributed by atoms with E-state index in [9.17, 15) is 0 Å². The van der Waals surface area contributed by atoms with Crippen LogP contribution in [0.1, 0.15) is 31.9 Å². The fourth-order valence-corrected chi connectivity index (χ4v) is 2.50. The van der Waals surface area contributed by atoms with Gasteiger partial charge in [-0.3, -0.25) is 0 Å². The SMILES string of the molecule is CCCNCc1c(N(C)C2CC2)nc2ccccn12. The standard InChI is InChI=1S/C15H22N4/c1-3-9-16-11-13-15(18(2)12-7-8-12)17-14-6-4-5-10-19(13)14/h4-6,10,12,16H,3,7-9,11H2,1-2H3. The third-order valence-electron chi connectivity index (χ3n) is 3.76. The first-order chi connectivity index (χ1) is 9.31. The van der Waals surface area contributed by atoms with E-state index < -0.39 is 0 Å². The van der Waals surface area contributed by atoms with E-state index in [1.807, 2.05) is 6.07 Å². The molecule has 19 heavy (non-hydrogen) atoms. The fraction of sp³-hybridized carbons (Fsp3) is 0.533. The van der Waals surface area contributed by atoms with E-state index in [-0.39, 0.29) is 0 Å². The zero-order valence-electron chi connectivity index (χ0n) is 11.8. The van der Waals surface area contributed by atoms with Gasteiger partial charge in [0.05, 0.1) is 5.69 Å². The highest BCUT2D eigenvalue weighted by Gasteiger charge is 2.29. The molecular formula is C15H22N4. The third-order valence-corrected chi connectivity index (χ3v) is 3.76. The maximum atomic E-state index is 4.80. The lowest BCUT2D eigenvalue weighted by Gasteiger charge is -2.17. The molecule has 1 saturated carbocycles. The summed E-state index contributed by atoms with van der Waals surface area (Å²) in [6.07, 6.45) is 5.86. The minimum atomic E-state index is 0.690. The molecule has 1 N–H and O–H groups in total. The molecule has 0 amide bonds. The van der Waals surface area contributed by atoms with Crippen LogP contribution in [0, 0.1) is 0 Å². The zero-order chi connectivity index (χ0) is 13.2. The predicted octanol–water partition coefficient (Wildman–Crippen LogP) is 2.43. The van der Waals surface area contributed by atoms with Gasteiger partial charge in [0.2, 0.25) is 0 Å². The number of nitrogens with one attached hydrogen (secondary N) is 1. The van der Waals surface area contributed by atoms with Gasteiger partial charge in [0.1, 0.15) is 5.65 Å². The predicted molar refractivity (Wildman–Crippen MR) is 78.6 cm³/mol. The quantitative estimate of drug-likeness (QED) is 0.808. The first kappa shape index (κ1) is 12.5. The van der Waals surface area contributed by atoms with Crippen LogP contribution >= 0.6 is 0 Å². The summed E-state index contributed by atoms with van der Waals surface area (Å²) in [5.41, 5.74) is 2.32. The van der Waals surface area contributed by atoms with Crippen molar-refractivity contribution >= 4 is 11.5 Å². The number of nitrogens with zero attached hydrogens (tertiary/aromatic N) is 3. The third kappa shape index (κ3) is 2.45. The summed E-state index contributed by atoms with van der Waals surface area (Å²) < 4.78 is 2.21. The molecule has 1 aliphatic rings. The van der Waals surface area contributed by atoms with Gasteiger partial charge in [0, 0.05) is 25.8 Å². The van der Waals surface area contributed by atoms with Crippen LogP contribution in [0.4, 0.5) is 5.82 Å². The molecule has 0 saturated heterocycles. The Morgan fingerprint density at radius 2 is 2.26 bits per heavy atom. The fourth-order valence-electron chi connectivity index (χ4n) is 2.50. The Labute approximate surface area is 114 Å². The van der Waals surface area contributed by atoms with Crippen molar-refractivity contribution < 1.29 is 0 Å². The van der Waals surface area contributed by atoms with E-state index in [0.717, 1.165) is 31.0 Å². The Kier molecular flexibility index (Phi) is 3.42. The van der Waals surface area contributed by atoms with Crippen LogP contribution in [-0.4, -0.2) is 29.0 Å². The molecule has 1 aliphatic carbocycles. The van der Waals surface area contributed by atoms with E-state index in [1.54, 1.807) is 0 Å². The van der Waals surface area contributed by atoms with E-state index in [4.69, 9.17) is 4.98 Å². The molecule has 0 bridgehead atoms. The summed E-state index contributed by atoms with van der Waals surface area (Å²) in [5.74, 6) is 1.14. The second-order valence-electron chi connectivity index (χ2n) is 5.33. The molecule has 102 valence electrons. The first-order valence-electron chi connectivity index (χ1n) is 7.20. The number of imidazole rings is 1. The molecular weight excluding hydrogens is 236 g/mol. The first-order valence-corrected chi connectivity index (χ1v) is 7.20. The van der Waals surface area contributed by atoms with Crippen LogP contribution in [0.2, 0.25) is 0 Å². The average molecular weight is 258 g/mol. The van der Waals surface area contributed by atoms with Gasteiger partial charge in [0.25, 0.3) is 0 Å². The normalized spacial score (nSPS) is 15.1. The van der Waals surface area contributed by atoms with E-state index in [2.05, 4.69) is 46.9 Å². The van der Waals surface area contributed by atoms with Crippen molar-refractivity contribution in [1.29, 1.82) is 0 Å². The second-order valence-corrected chi connectivity index (χ2v) is 5.33. The van der Waals surface area contributed by atoms with Gasteiger partial charge < -0.3 is 14.6 Å². The van der Waals surface area contributed by atoms with Crippen LogP contribution in [0.5, 0.6) is 0 Å². The van der Waals surface area contributed by atoms with Crippen LogP contribution in [0.15, 0.2) is 24.4 Å². The molecule has 1 fully saturated rings. The molecule has 2 aromatic heterocycles. The van der Waals surface area contributed by atoms with E-state index in [0.29, 0.717) is 6.04 Å². The number of aromatic nitrogens is 2. The van der Waals surface area contributed by atoms with Gasteiger partial charge in [-0.25, -0.2) is 4.98 Å². The van der Waals surface area contributed by atoms with Gasteiger partial charge >= 0.3 is 0 Å². The lowest BCUT2D eigenvalue weighted by Crippen LogP contribution is -2.23. The zero-order valence-corrected chi connectivity index (χ0v) is 11.8. The number of rotatable bonds is 6. The Morgan fingerprint density at radius 1 is 1.42 bits per heavy atom. The Bertz CT molecular complexity index is 556. The van der Waals surface area contributed by atoms with Gasteiger partial charge in [-0.05, 0) is 37.9 Å². The molecule has 0 spiro atoms. The number of pyridine rings is 1. The van der Waals surface area contributed by atoms with Gasteiger partial charge in [-0.1, -0.05) is 13.0 Å². The molecule has 3 rings (SSSR count).